The van der Waals surface area contributed by atoms with Crippen molar-refractivity contribution in [1.82, 2.24) is 4.90 Å². The third kappa shape index (κ3) is 2.43. The molecule has 0 radical (unpaired) electrons. The lowest BCUT2D eigenvalue weighted by atomic mass is 9.84. The van der Waals surface area contributed by atoms with Gasteiger partial charge in [0.05, 0.1) is 12.1 Å². The Labute approximate surface area is 108 Å². The molecule has 0 aromatic rings. The Morgan fingerprint density at radius 1 is 1.67 bits per heavy atom. The number of oxime groups is 1. The molecule has 0 saturated carbocycles. The van der Waals surface area contributed by atoms with Gasteiger partial charge in [-0.05, 0) is 26.7 Å². The van der Waals surface area contributed by atoms with Crippen molar-refractivity contribution in [3.63, 3.8) is 0 Å². The highest BCUT2D eigenvalue weighted by Gasteiger charge is 2.42. The highest BCUT2D eigenvalue weighted by molar-refractivity contribution is 6.06. The van der Waals surface area contributed by atoms with Crippen LogP contribution in [0.5, 0.6) is 0 Å². The van der Waals surface area contributed by atoms with Crippen molar-refractivity contribution < 1.29 is 14.7 Å². The van der Waals surface area contributed by atoms with Gasteiger partial charge in [0.1, 0.15) is 5.41 Å². The molecule has 1 aliphatic rings. The van der Waals surface area contributed by atoms with E-state index in [0.29, 0.717) is 13.0 Å². The van der Waals surface area contributed by atoms with Crippen molar-refractivity contribution in [3.05, 3.63) is 0 Å². The van der Waals surface area contributed by atoms with E-state index in [2.05, 4.69) is 5.16 Å². The molecule has 1 saturated heterocycles. The summed E-state index contributed by atoms with van der Waals surface area (Å²) in [6, 6.07) is 0.0508. The van der Waals surface area contributed by atoms with Crippen molar-refractivity contribution in [2.75, 3.05) is 13.7 Å². The Bertz CT molecular complexity index is 345. The largest absolute Gasteiger partial charge is 0.409 e. The number of likely N-dealkylation sites (N-methyl/N-ethyl adjacent to an activating group) is 1. The smallest absolute Gasteiger partial charge is 0.236 e. The first-order valence-electron chi connectivity index (χ1n) is 6.25. The molecule has 3 unspecified atom stereocenters. The van der Waals surface area contributed by atoms with E-state index in [9.17, 15) is 4.79 Å². The summed E-state index contributed by atoms with van der Waals surface area (Å²) in [6.07, 6.45) is 1.32. The average molecular weight is 257 g/mol. The van der Waals surface area contributed by atoms with Crippen LogP contribution in [0.25, 0.3) is 0 Å². The molecule has 6 heteroatoms. The van der Waals surface area contributed by atoms with Gasteiger partial charge in [0.2, 0.25) is 5.91 Å². The summed E-state index contributed by atoms with van der Waals surface area (Å²) < 4.78 is 5.47. The van der Waals surface area contributed by atoms with Crippen LogP contribution in [0.3, 0.4) is 0 Å². The molecule has 0 bridgehead atoms. The van der Waals surface area contributed by atoms with Gasteiger partial charge in [0, 0.05) is 13.7 Å². The number of rotatable bonds is 4. The van der Waals surface area contributed by atoms with E-state index in [1.54, 1.807) is 18.9 Å². The fourth-order valence-electron chi connectivity index (χ4n) is 2.32. The average Bonchev–Trinajstić information content (AvgIpc) is 2.81. The minimum absolute atomic E-state index is 0.0207. The van der Waals surface area contributed by atoms with Gasteiger partial charge in [-0.1, -0.05) is 12.1 Å². The van der Waals surface area contributed by atoms with E-state index in [-0.39, 0.29) is 23.9 Å². The lowest BCUT2D eigenvalue weighted by Gasteiger charge is -2.35. The first kappa shape index (κ1) is 14.8. The van der Waals surface area contributed by atoms with E-state index < -0.39 is 5.41 Å². The molecule has 6 nitrogen and oxygen atoms in total. The van der Waals surface area contributed by atoms with Crippen LogP contribution in [0, 0.1) is 5.41 Å². The number of carbonyl (C=O) groups is 1. The van der Waals surface area contributed by atoms with Crippen LogP contribution >= 0.6 is 0 Å². The zero-order chi connectivity index (χ0) is 13.9. The topological polar surface area (TPSA) is 88.2 Å². The van der Waals surface area contributed by atoms with Gasteiger partial charge in [0.25, 0.3) is 0 Å². The third-order valence-electron chi connectivity index (χ3n) is 4.01. The third-order valence-corrected chi connectivity index (χ3v) is 4.01. The molecule has 1 fully saturated rings. The Kier molecular flexibility index (Phi) is 4.56. The summed E-state index contributed by atoms with van der Waals surface area (Å²) in [6.45, 7) is 6.16. The maximum Gasteiger partial charge on any atom is 0.236 e. The fraction of sp³-hybridized carbons (Fsp3) is 0.833. The number of hydrogen-bond acceptors (Lipinski definition) is 4. The number of hydrogen-bond donors (Lipinski definition) is 2. The van der Waals surface area contributed by atoms with Crippen molar-refractivity contribution in [1.29, 1.82) is 0 Å². The molecule has 1 aliphatic heterocycles. The second kappa shape index (κ2) is 5.56. The molecule has 1 rings (SSSR count). The predicted octanol–water partition coefficient (Wildman–Crippen LogP) is 0.785. The summed E-state index contributed by atoms with van der Waals surface area (Å²) in [5.41, 5.74) is 4.69. The lowest BCUT2D eigenvalue weighted by Crippen LogP contribution is -2.52. The van der Waals surface area contributed by atoms with Gasteiger partial charge >= 0.3 is 0 Å². The number of carbonyl (C=O) groups excluding carboxylic acids is 1. The molecular weight excluding hydrogens is 234 g/mol. The zero-order valence-electron chi connectivity index (χ0n) is 11.5. The monoisotopic (exact) mass is 257 g/mol. The molecular formula is C12H23N3O3. The van der Waals surface area contributed by atoms with E-state index in [1.165, 1.54) is 0 Å². The molecule has 104 valence electrons. The maximum absolute atomic E-state index is 12.5. The van der Waals surface area contributed by atoms with Gasteiger partial charge in [0.15, 0.2) is 5.84 Å². The highest BCUT2D eigenvalue weighted by Crippen LogP contribution is 2.28. The Morgan fingerprint density at radius 2 is 2.28 bits per heavy atom. The van der Waals surface area contributed by atoms with Crippen molar-refractivity contribution in [3.8, 4) is 0 Å². The van der Waals surface area contributed by atoms with Crippen LogP contribution in [0.2, 0.25) is 0 Å². The van der Waals surface area contributed by atoms with Crippen LogP contribution in [0.1, 0.15) is 33.6 Å². The van der Waals surface area contributed by atoms with E-state index in [4.69, 9.17) is 15.7 Å². The quantitative estimate of drug-likeness (QED) is 0.337. The molecule has 18 heavy (non-hydrogen) atoms. The van der Waals surface area contributed by atoms with Crippen molar-refractivity contribution >= 4 is 11.7 Å². The van der Waals surface area contributed by atoms with E-state index in [0.717, 1.165) is 6.42 Å². The van der Waals surface area contributed by atoms with E-state index >= 15 is 0 Å². The van der Waals surface area contributed by atoms with Crippen LogP contribution in [-0.4, -0.2) is 47.7 Å². The molecule has 3 N–H and O–H groups in total. The molecule has 0 aromatic heterocycles. The minimum atomic E-state index is -0.966. The van der Waals surface area contributed by atoms with Gasteiger partial charge in [-0.15, -0.1) is 0 Å². The van der Waals surface area contributed by atoms with Gasteiger partial charge < -0.3 is 20.6 Å². The van der Waals surface area contributed by atoms with Crippen LogP contribution in [0.15, 0.2) is 5.16 Å². The predicted molar refractivity (Wildman–Crippen MR) is 68.4 cm³/mol. The molecule has 0 aromatic carbocycles. The minimum Gasteiger partial charge on any atom is -0.409 e. The normalized spacial score (nSPS) is 27.9. The van der Waals surface area contributed by atoms with E-state index in [1.807, 2.05) is 13.8 Å². The standard InChI is InChI=1S/C12H23N3O3/c1-5-12(3,10(13)14-17)11(16)15(4)9-6-7-18-8(9)2/h8-9,17H,5-7H2,1-4H3,(H2,13,14). The number of ether oxygens (including phenoxy) is 1. The molecule has 1 amide bonds. The van der Waals surface area contributed by atoms with Gasteiger partial charge in [-0.2, -0.15) is 0 Å². The second-order valence-corrected chi connectivity index (χ2v) is 5.02. The summed E-state index contributed by atoms with van der Waals surface area (Å²) in [7, 11) is 1.75. The molecule has 3 atom stereocenters. The van der Waals surface area contributed by atoms with Crippen LogP contribution < -0.4 is 5.73 Å². The number of nitrogens with two attached hydrogens (primary N) is 1. The van der Waals surface area contributed by atoms with Crippen LogP contribution in [0.4, 0.5) is 0 Å². The number of amidine groups is 1. The zero-order valence-corrected chi connectivity index (χ0v) is 11.5. The van der Waals surface area contributed by atoms with Crippen LogP contribution in [-0.2, 0) is 9.53 Å². The molecule has 0 aliphatic carbocycles. The highest BCUT2D eigenvalue weighted by atomic mass is 16.5. The first-order chi connectivity index (χ1) is 8.38. The maximum atomic E-state index is 12.5. The summed E-state index contributed by atoms with van der Waals surface area (Å²) in [4.78, 5) is 14.2. The van der Waals surface area contributed by atoms with Gasteiger partial charge in [-0.3, -0.25) is 4.79 Å². The summed E-state index contributed by atoms with van der Waals surface area (Å²) in [5.74, 6) is -0.184. The Hall–Kier alpha value is -1.30. The Morgan fingerprint density at radius 3 is 2.67 bits per heavy atom. The fourth-order valence-corrected chi connectivity index (χ4v) is 2.32. The molecule has 0 spiro atoms. The van der Waals surface area contributed by atoms with Gasteiger partial charge in [-0.25, -0.2) is 0 Å². The number of amides is 1. The van der Waals surface area contributed by atoms with Crippen molar-refractivity contribution in [2.45, 2.75) is 45.8 Å². The molecule has 1 heterocycles. The summed E-state index contributed by atoms with van der Waals surface area (Å²) >= 11 is 0. The SMILES string of the molecule is CCC(C)(C(=O)N(C)C1CCOC1C)C(N)=NO. The second-order valence-electron chi connectivity index (χ2n) is 5.02. The number of nitrogens with zero attached hydrogens (tertiary/aromatic N) is 2. The first-order valence-corrected chi connectivity index (χ1v) is 6.25. The Balaban J connectivity index is 2.91. The van der Waals surface area contributed by atoms with Crippen molar-refractivity contribution in [2.24, 2.45) is 16.3 Å². The summed E-state index contributed by atoms with van der Waals surface area (Å²) in [5, 5.41) is 11.8. The lowest BCUT2D eigenvalue weighted by molar-refractivity contribution is -0.139.